The van der Waals surface area contributed by atoms with Gasteiger partial charge in [-0.2, -0.15) is 0 Å². The van der Waals surface area contributed by atoms with Crippen LogP contribution in [0.1, 0.15) is 70.8 Å². The van der Waals surface area contributed by atoms with Gasteiger partial charge in [0.15, 0.2) is 0 Å². The smallest absolute Gasteiger partial charge is 0.0162 e. The number of rotatable bonds is 2. The van der Waals surface area contributed by atoms with Gasteiger partial charge in [-0.25, -0.2) is 0 Å². The molecule has 17 heavy (non-hydrogen) atoms. The molecule has 0 bridgehead atoms. The Labute approximate surface area is 107 Å². The van der Waals surface area contributed by atoms with Gasteiger partial charge in [-0.15, -0.1) is 0 Å². The maximum atomic E-state index is 2.38. The molecular weight excluding hydrogens is 204 g/mol. The fourth-order valence-electron chi connectivity index (χ4n) is 2.32. The van der Waals surface area contributed by atoms with Crippen LogP contribution in [-0.2, 0) is 0 Å². The fraction of sp³-hybridized carbons (Fsp3) is 0.647. The maximum absolute atomic E-state index is 2.38. The summed E-state index contributed by atoms with van der Waals surface area (Å²) in [7, 11) is 0. The Kier molecular flexibility index (Phi) is 7.00. The summed E-state index contributed by atoms with van der Waals surface area (Å²) in [5, 5.41) is 0. The van der Waals surface area contributed by atoms with Crippen LogP contribution in [0.3, 0.4) is 0 Å². The van der Waals surface area contributed by atoms with Gasteiger partial charge in [0.2, 0.25) is 0 Å². The van der Waals surface area contributed by atoms with Crippen molar-refractivity contribution in [3.8, 4) is 0 Å². The summed E-state index contributed by atoms with van der Waals surface area (Å²) in [4.78, 5) is 0. The Morgan fingerprint density at radius 3 is 1.88 bits per heavy atom. The minimum atomic E-state index is 0.845. The molecule has 0 unspecified atom stereocenters. The van der Waals surface area contributed by atoms with Crippen LogP contribution in [0.15, 0.2) is 30.3 Å². The third-order valence-corrected chi connectivity index (χ3v) is 3.79. The molecule has 1 aliphatic rings. The van der Waals surface area contributed by atoms with E-state index in [1.54, 1.807) is 5.56 Å². The lowest BCUT2D eigenvalue weighted by Crippen LogP contribution is -2.10. The third kappa shape index (κ3) is 5.39. The van der Waals surface area contributed by atoms with Crippen LogP contribution < -0.4 is 0 Å². The van der Waals surface area contributed by atoms with E-state index in [-0.39, 0.29) is 0 Å². The van der Waals surface area contributed by atoms with Gasteiger partial charge in [0, 0.05) is 0 Å². The largest absolute Gasteiger partial charge is 0.0654 e. The lowest BCUT2D eigenvalue weighted by atomic mass is 9.79. The predicted octanol–water partition coefficient (Wildman–Crippen LogP) is 5.79. The summed E-state index contributed by atoms with van der Waals surface area (Å²) in [6, 6.07) is 11.0. The summed E-state index contributed by atoms with van der Waals surface area (Å²) in [6.45, 7) is 6.74. The molecule has 1 fully saturated rings. The van der Waals surface area contributed by atoms with Crippen LogP contribution in [0.25, 0.3) is 0 Å². The monoisotopic (exact) mass is 232 g/mol. The minimum absolute atomic E-state index is 0.845. The van der Waals surface area contributed by atoms with Gasteiger partial charge in [-0.3, -0.25) is 0 Å². The quantitative estimate of drug-likeness (QED) is 0.605. The molecule has 0 aliphatic heterocycles. The second kappa shape index (κ2) is 8.33. The zero-order chi connectivity index (χ0) is 12.5. The van der Waals surface area contributed by atoms with Crippen LogP contribution in [0.4, 0.5) is 0 Å². The first kappa shape index (κ1) is 14.3. The van der Waals surface area contributed by atoms with Crippen LogP contribution >= 0.6 is 0 Å². The molecule has 0 N–H and O–H groups in total. The summed E-state index contributed by atoms with van der Waals surface area (Å²) in [5.74, 6) is 1.80. The van der Waals surface area contributed by atoms with Crippen LogP contribution in [0.5, 0.6) is 0 Å². The zero-order valence-corrected chi connectivity index (χ0v) is 11.8. The molecule has 0 aromatic heterocycles. The van der Waals surface area contributed by atoms with Crippen molar-refractivity contribution >= 4 is 0 Å². The highest BCUT2D eigenvalue weighted by molar-refractivity contribution is 5.19. The molecule has 1 saturated carbocycles. The topological polar surface area (TPSA) is 0 Å². The van der Waals surface area contributed by atoms with E-state index in [9.17, 15) is 0 Å². The van der Waals surface area contributed by atoms with E-state index in [2.05, 4.69) is 51.1 Å². The predicted molar refractivity (Wildman–Crippen MR) is 77.4 cm³/mol. The molecule has 0 amide bonds. The van der Waals surface area contributed by atoms with E-state index in [1.165, 1.54) is 38.5 Å². The van der Waals surface area contributed by atoms with Crippen molar-refractivity contribution in [1.29, 1.82) is 0 Å². The molecule has 0 nitrogen and oxygen atoms in total. The van der Waals surface area contributed by atoms with Gasteiger partial charge >= 0.3 is 0 Å². The second-order valence-corrected chi connectivity index (χ2v) is 5.37. The molecular formula is C17H28. The van der Waals surface area contributed by atoms with Crippen molar-refractivity contribution < 1.29 is 0 Å². The van der Waals surface area contributed by atoms with Gasteiger partial charge in [0.05, 0.1) is 0 Å². The Hall–Kier alpha value is -0.780. The van der Waals surface area contributed by atoms with Crippen LogP contribution in [0.2, 0.25) is 0 Å². The standard InChI is InChI=1S/C13H18.C4H10/c1-11-7-9-13(10-8-11)12-5-3-2-4-6-12;1-3-4-2/h2-6,11,13H,7-10H2,1H3;3-4H2,1-2H3. The highest BCUT2D eigenvalue weighted by atomic mass is 14.2. The van der Waals surface area contributed by atoms with Crippen molar-refractivity contribution in [2.24, 2.45) is 5.92 Å². The lowest BCUT2D eigenvalue weighted by molar-refractivity contribution is 0.348. The Balaban J connectivity index is 0.000000317. The van der Waals surface area contributed by atoms with Crippen molar-refractivity contribution in [1.82, 2.24) is 0 Å². The minimum Gasteiger partial charge on any atom is -0.0654 e. The molecule has 0 spiro atoms. The van der Waals surface area contributed by atoms with Crippen LogP contribution in [-0.4, -0.2) is 0 Å². The third-order valence-electron chi connectivity index (χ3n) is 3.79. The first-order valence-electron chi connectivity index (χ1n) is 7.32. The lowest BCUT2D eigenvalue weighted by Gasteiger charge is -2.26. The molecule has 1 aliphatic carbocycles. The first-order valence-corrected chi connectivity index (χ1v) is 7.32. The summed E-state index contributed by atoms with van der Waals surface area (Å²) >= 11 is 0. The van der Waals surface area contributed by atoms with E-state index in [0.717, 1.165) is 11.8 Å². The number of hydrogen-bond acceptors (Lipinski definition) is 0. The molecule has 0 heterocycles. The van der Waals surface area contributed by atoms with Gasteiger partial charge in [0.1, 0.15) is 0 Å². The molecule has 1 aromatic rings. The molecule has 1 aromatic carbocycles. The molecule has 0 radical (unpaired) electrons. The Bertz CT molecular complexity index is 265. The maximum Gasteiger partial charge on any atom is -0.0162 e. The van der Waals surface area contributed by atoms with Crippen LogP contribution in [0, 0.1) is 5.92 Å². The fourth-order valence-corrected chi connectivity index (χ4v) is 2.32. The normalized spacial score (nSPS) is 23.7. The molecule has 0 heteroatoms. The van der Waals surface area contributed by atoms with E-state index >= 15 is 0 Å². The van der Waals surface area contributed by atoms with Crippen molar-refractivity contribution in [2.75, 3.05) is 0 Å². The number of benzene rings is 1. The molecule has 2 rings (SSSR count). The van der Waals surface area contributed by atoms with Gasteiger partial charge in [-0.1, -0.05) is 76.8 Å². The second-order valence-electron chi connectivity index (χ2n) is 5.37. The van der Waals surface area contributed by atoms with Crippen molar-refractivity contribution in [3.63, 3.8) is 0 Å². The van der Waals surface area contributed by atoms with E-state index in [1.807, 2.05) is 0 Å². The molecule has 0 saturated heterocycles. The van der Waals surface area contributed by atoms with Gasteiger partial charge in [0.25, 0.3) is 0 Å². The van der Waals surface area contributed by atoms with E-state index in [0.29, 0.717) is 0 Å². The Morgan fingerprint density at radius 1 is 0.882 bits per heavy atom. The highest BCUT2D eigenvalue weighted by Crippen LogP contribution is 2.35. The SMILES string of the molecule is CC1CCC(c2ccccc2)CC1.CCCC. The average Bonchev–Trinajstić information content (AvgIpc) is 2.41. The van der Waals surface area contributed by atoms with Gasteiger partial charge in [-0.05, 0) is 30.2 Å². The van der Waals surface area contributed by atoms with Gasteiger partial charge < -0.3 is 0 Å². The van der Waals surface area contributed by atoms with Crippen molar-refractivity contribution in [3.05, 3.63) is 35.9 Å². The molecule has 0 atom stereocenters. The first-order chi connectivity index (χ1) is 8.27. The highest BCUT2D eigenvalue weighted by Gasteiger charge is 2.18. The average molecular weight is 232 g/mol. The summed E-state index contributed by atoms with van der Waals surface area (Å²) in [6.07, 6.45) is 8.26. The Morgan fingerprint density at radius 2 is 1.41 bits per heavy atom. The van der Waals surface area contributed by atoms with E-state index in [4.69, 9.17) is 0 Å². The summed E-state index contributed by atoms with van der Waals surface area (Å²) < 4.78 is 0. The zero-order valence-electron chi connectivity index (χ0n) is 11.8. The number of hydrogen-bond donors (Lipinski definition) is 0. The molecule has 96 valence electrons. The summed E-state index contributed by atoms with van der Waals surface area (Å²) in [5.41, 5.74) is 1.55. The van der Waals surface area contributed by atoms with E-state index < -0.39 is 0 Å². The van der Waals surface area contributed by atoms with Crippen molar-refractivity contribution in [2.45, 2.75) is 65.2 Å². The number of unbranched alkanes of at least 4 members (excludes halogenated alkanes) is 1.